The van der Waals surface area contributed by atoms with Crippen LogP contribution in [0.3, 0.4) is 0 Å². The highest BCUT2D eigenvalue weighted by atomic mass is 16.2. The van der Waals surface area contributed by atoms with Gasteiger partial charge in [0.15, 0.2) is 0 Å². The smallest absolute Gasteiger partial charge is 0.269 e. The molecule has 3 aromatic rings. The number of aromatic amines is 1. The standard InChI is InChI=1S/C24H29N5O2/c1-17-18(2)25-22-9-8-19(16-21(17)22)24(31)27-26-23(30)10-11-28-12-14-29(15-13-28)20-6-4-3-5-7-20/h3-9,16,25H,10-15H2,1-2H3,(H,26,30)(H,27,31). The van der Waals surface area contributed by atoms with Crippen molar-refractivity contribution in [3.8, 4) is 0 Å². The van der Waals surface area contributed by atoms with Crippen molar-refractivity contribution in [3.05, 3.63) is 65.4 Å². The van der Waals surface area contributed by atoms with Crippen molar-refractivity contribution in [3.63, 3.8) is 0 Å². The third-order valence-electron chi connectivity index (χ3n) is 6.03. The molecule has 0 radical (unpaired) electrons. The number of aromatic nitrogens is 1. The fraction of sp³-hybridized carbons (Fsp3) is 0.333. The number of carbonyl (C=O) groups excluding carboxylic acids is 2. The number of rotatable bonds is 5. The second-order valence-electron chi connectivity index (χ2n) is 8.05. The first-order valence-corrected chi connectivity index (χ1v) is 10.7. The molecule has 1 fully saturated rings. The first-order chi connectivity index (χ1) is 15.0. The molecule has 31 heavy (non-hydrogen) atoms. The number of aryl methyl sites for hydroxylation is 2. The third-order valence-corrected chi connectivity index (χ3v) is 6.03. The van der Waals surface area contributed by atoms with E-state index in [4.69, 9.17) is 0 Å². The summed E-state index contributed by atoms with van der Waals surface area (Å²) >= 11 is 0. The Bertz CT molecular complexity index is 1070. The number of fused-ring (bicyclic) bond motifs is 1. The van der Waals surface area contributed by atoms with Crippen molar-refractivity contribution in [1.29, 1.82) is 0 Å². The number of nitrogens with one attached hydrogen (secondary N) is 3. The Hall–Kier alpha value is -3.32. The Morgan fingerprint density at radius 1 is 0.968 bits per heavy atom. The van der Waals surface area contributed by atoms with E-state index in [1.807, 2.05) is 32.0 Å². The summed E-state index contributed by atoms with van der Waals surface area (Å²) in [5.74, 6) is -0.501. The van der Waals surface area contributed by atoms with E-state index in [2.05, 4.69) is 49.9 Å². The number of para-hydroxylation sites is 1. The molecule has 0 spiro atoms. The van der Waals surface area contributed by atoms with E-state index in [1.54, 1.807) is 6.07 Å². The molecule has 2 aromatic carbocycles. The molecule has 2 amide bonds. The summed E-state index contributed by atoms with van der Waals surface area (Å²) in [4.78, 5) is 32.6. The molecule has 2 heterocycles. The van der Waals surface area contributed by atoms with E-state index in [-0.39, 0.29) is 11.8 Å². The third kappa shape index (κ3) is 4.88. The summed E-state index contributed by atoms with van der Waals surface area (Å²) in [7, 11) is 0. The van der Waals surface area contributed by atoms with Crippen LogP contribution in [0, 0.1) is 13.8 Å². The molecule has 0 saturated carbocycles. The Morgan fingerprint density at radius 2 is 1.71 bits per heavy atom. The highest BCUT2D eigenvalue weighted by Crippen LogP contribution is 2.22. The number of H-pyrrole nitrogens is 1. The summed E-state index contributed by atoms with van der Waals surface area (Å²) in [5.41, 5.74) is 10.0. The van der Waals surface area contributed by atoms with Gasteiger partial charge in [0.2, 0.25) is 5.91 Å². The molecular formula is C24H29N5O2. The van der Waals surface area contributed by atoms with Gasteiger partial charge in [-0.1, -0.05) is 18.2 Å². The minimum absolute atomic E-state index is 0.186. The van der Waals surface area contributed by atoms with Crippen LogP contribution in [-0.4, -0.2) is 54.4 Å². The summed E-state index contributed by atoms with van der Waals surface area (Å²) in [6.45, 7) is 8.45. The number of hydrogen-bond donors (Lipinski definition) is 3. The van der Waals surface area contributed by atoms with Gasteiger partial charge in [-0.25, -0.2) is 0 Å². The van der Waals surface area contributed by atoms with E-state index < -0.39 is 0 Å². The number of piperazine rings is 1. The summed E-state index contributed by atoms with van der Waals surface area (Å²) in [6, 6.07) is 15.9. The molecule has 3 N–H and O–H groups in total. The van der Waals surface area contributed by atoms with Crippen LogP contribution in [0.1, 0.15) is 28.0 Å². The molecule has 1 aromatic heterocycles. The zero-order valence-corrected chi connectivity index (χ0v) is 18.1. The zero-order chi connectivity index (χ0) is 21.8. The average Bonchev–Trinajstić information content (AvgIpc) is 3.10. The Balaban J connectivity index is 1.21. The van der Waals surface area contributed by atoms with Gasteiger partial charge in [0.05, 0.1) is 0 Å². The van der Waals surface area contributed by atoms with Gasteiger partial charge in [0, 0.05) is 67.0 Å². The topological polar surface area (TPSA) is 80.5 Å². The van der Waals surface area contributed by atoms with Gasteiger partial charge in [0.1, 0.15) is 0 Å². The molecule has 0 bridgehead atoms. The molecule has 0 aliphatic carbocycles. The van der Waals surface area contributed by atoms with Crippen molar-refractivity contribution in [2.24, 2.45) is 0 Å². The molecule has 0 atom stereocenters. The number of benzene rings is 2. The van der Waals surface area contributed by atoms with E-state index in [1.165, 1.54) is 5.69 Å². The predicted molar refractivity (Wildman–Crippen MR) is 123 cm³/mol. The summed E-state index contributed by atoms with van der Waals surface area (Å²) in [5, 5.41) is 1.02. The number of amides is 2. The molecule has 0 unspecified atom stereocenters. The van der Waals surface area contributed by atoms with Gasteiger partial charge in [0.25, 0.3) is 5.91 Å². The van der Waals surface area contributed by atoms with E-state index in [9.17, 15) is 9.59 Å². The van der Waals surface area contributed by atoms with Crippen molar-refractivity contribution < 1.29 is 9.59 Å². The second-order valence-corrected chi connectivity index (χ2v) is 8.05. The maximum Gasteiger partial charge on any atom is 0.269 e. The fourth-order valence-electron chi connectivity index (χ4n) is 3.99. The highest BCUT2D eigenvalue weighted by Gasteiger charge is 2.18. The Morgan fingerprint density at radius 3 is 2.45 bits per heavy atom. The van der Waals surface area contributed by atoms with Crippen LogP contribution in [0.25, 0.3) is 10.9 Å². The fourth-order valence-corrected chi connectivity index (χ4v) is 3.99. The van der Waals surface area contributed by atoms with Crippen molar-refractivity contribution in [1.82, 2.24) is 20.7 Å². The maximum absolute atomic E-state index is 12.4. The molecule has 162 valence electrons. The summed E-state index contributed by atoms with van der Waals surface area (Å²) in [6.07, 6.45) is 0.348. The van der Waals surface area contributed by atoms with Gasteiger partial charge in [-0.15, -0.1) is 0 Å². The van der Waals surface area contributed by atoms with Gasteiger partial charge in [-0.3, -0.25) is 25.3 Å². The van der Waals surface area contributed by atoms with Crippen LogP contribution in [0.4, 0.5) is 5.69 Å². The normalized spacial score (nSPS) is 14.6. The van der Waals surface area contributed by atoms with Crippen LogP contribution in [0.5, 0.6) is 0 Å². The van der Waals surface area contributed by atoms with Crippen molar-refractivity contribution in [2.75, 3.05) is 37.6 Å². The first-order valence-electron chi connectivity index (χ1n) is 10.7. The quantitative estimate of drug-likeness (QED) is 0.556. The van der Waals surface area contributed by atoms with Crippen LogP contribution >= 0.6 is 0 Å². The lowest BCUT2D eigenvalue weighted by Gasteiger charge is -2.36. The molecule has 7 heteroatoms. The molecular weight excluding hydrogens is 390 g/mol. The lowest BCUT2D eigenvalue weighted by atomic mass is 10.1. The SMILES string of the molecule is Cc1[nH]c2ccc(C(=O)NNC(=O)CCN3CCN(c4ccccc4)CC3)cc2c1C. The lowest BCUT2D eigenvalue weighted by molar-refractivity contribution is -0.122. The monoisotopic (exact) mass is 419 g/mol. The van der Waals surface area contributed by atoms with E-state index in [0.717, 1.165) is 48.3 Å². The number of anilines is 1. The number of hydrazine groups is 1. The van der Waals surface area contributed by atoms with E-state index >= 15 is 0 Å². The molecule has 4 rings (SSSR count). The number of hydrogen-bond acceptors (Lipinski definition) is 4. The van der Waals surface area contributed by atoms with Crippen molar-refractivity contribution >= 4 is 28.4 Å². The van der Waals surface area contributed by atoms with Gasteiger partial charge in [-0.05, 0) is 49.7 Å². The van der Waals surface area contributed by atoms with Crippen LogP contribution in [-0.2, 0) is 4.79 Å². The van der Waals surface area contributed by atoms with Crippen molar-refractivity contribution in [2.45, 2.75) is 20.3 Å². The largest absolute Gasteiger partial charge is 0.369 e. The second kappa shape index (κ2) is 9.22. The molecule has 1 saturated heterocycles. The minimum Gasteiger partial charge on any atom is -0.369 e. The molecule has 1 aliphatic rings. The minimum atomic E-state index is -0.315. The summed E-state index contributed by atoms with van der Waals surface area (Å²) < 4.78 is 0. The Kier molecular flexibility index (Phi) is 6.23. The highest BCUT2D eigenvalue weighted by molar-refractivity contribution is 5.99. The lowest BCUT2D eigenvalue weighted by Crippen LogP contribution is -2.48. The van der Waals surface area contributed by atoms with E-state index in [0.29, 0.717) is 18.5 Å². The number of nitrogens with zero attached hydrogens (tertiary/aromatic N) is 2. The van der Waals surface area contributed by atoms with Crippen LogP contribution in [0.15, 0.2) is 48.5 Å². The predicted octanol–water partition coefficient (Wildman–Crippen LogP) is 2.76. The maximum atomic E-state index is 12.4. The van der Waals surface area contributed by atoms with Crippen LogP contribution < -0.4 is 15.8 Å². The Labute approximate surface area is 182 Å². The van der Waals surface area contributed by atoms with Gasteiger partial charge in [-0.2, -0.15) is 0 Å². The van der Waals surface area contributed by atoms with Gasteiger partial charge < -0.3 is 9.88 Å². The van der Waals surface area contributed by atoms with Crippen LogP contribution in [0.2, 0.25) is 0 Å². The molecule has 7 nitrogen and oxygen atoms in total. The zero-order valence-electron chi connectivity index (χ0n) is 18.1. The van der Waals surface area contributed by atoms with Gasteiger partial charge >= 0.3 is 0 Å². The first kappa shape index (κ1) is 20.9. The molecule has 1 aliphatic heterocycles. The number of carbonyl (C=O) groups is 2. The average molecular weight is 420 g/mol.